The Hall–Kier alpha value is -2.75. The molecule has 0 N–H and O–H groups in total. The van der Waals surface area contributed by atoms with Crippen LogP contribution >= 0.6 is 0 Å². The monoisotopic (exact) mass is 326 g/mol. The molecule has 2 rings (SSSR count). The van der Waals surface area contributed by atoms with E-state index in [0.717, 1.165) is 28.2 Å². The van der Waals surface area contributed by atoms with E-state index in [4.69, 9.17) is 14.2 Å². The number of benzene rings is 2. The molecule has 0 bridgehead atoms. The van der Waals surface area contributed by atoms with Gasteiger partial charge in [-0.25, -0.2) is 4.79 Å². The summed E-state index contributed by atoms with van der Waals surface area (Å²) in [7, 11) is 3.25. The maximum Gasteiger partial charge on any atom is 0.334 e. The van der Waals surface area contributed by atoms with Crippen LogP contribution in [-0.4, -0.2) is 26.8 Å². The van der Waals surface area contributed by atoms with Gasteiger partial charge in [-0.15, -0.1) is 0 Å². The first kappa shape index (κ1) is 17.6. The highest BCUT2D eigenvalue weighted by atomic mass is 16.5. The zero-order chi connectivity index (χ0) is 17.5. The van der Waals surface area contributed by atoms with E-state index < -0.39 is 0 Å². The van der Waals surface area contributed by atoms with Gasteiger partial charge in [0.2, 0.25) is 0 Å². The summed E-state index contributed by atoms with van der Waals surface area (Å²) >= 11 is 0. The Morgan fingerprint density at radius 3 is 1.58 bits per heavy atom. The van der Waals surface area contributed by atoms with Gasteiger partial charge in [0, 0.05) is 5.57 Å². The Morgan fingerprint density at radius 1 is 0.833 bits per heavy atom. The van der Waals surface area contributed by atoms with Crippen molar-refractivity contribution >= 4 is 11.5 Å². The second-order valence-corrected chi connectivity index (χ2v) is 5.18. The molecular formula is C20H22O4. The van der Waals surface area contributed by atoms with Gasteiger partial charge in [0.15, 0.2) is 0 Å². The van der Waals surface area contributed by atoms with Crippen molar-refractivity contribution in [3.8, 4) is 11.5 Å². The van der Waals surface area contributed by atoms with E-state index in [9.17, 15) is 4.79 Å². The summed E-state index contributed by atoms with van der Waals surface area (Å²) in [4.78, 5) is 12.2. The molecule has 0 radical (unpaired) electrons. The lowest BCUT2D eigenvalue weighted by Crippen LogP contribution is -2.08. The molecule has 4 heteroatoms. The third-order valence-corrected chi connectivity index (χ3v) is 3.71. The molecule has 2 aromatic carbocycles. The highest BCUT2D eigenvalue weighted by Gasteiger charge is 2.16. The lowest BCUT2D eigenvalue weighted by molar-refractivity contribution is -0.138. The maximum atomic E-state index is 12.2. The van der Waals surface area contributed by atoms with Crippen LogP contribution in [0.2, 0.25) is 0 Å². The zero-order valence-electron chi connectivity index (χ0n) is 14.5. The maximum absolute atomic E-state index is 12.2. The van der Waals surface area contributed by atoms with Crippen molar-refractivity contribution in [1.29, 1.82) is 0 Å². The summed E-state index contributed by atoms with van der Waals surface area (Å²) in [5, 5.41) is 0. The molecule has 126 valence electrons. The standard InChI is InChI=1S/C20H22O4/c1-5-24-20(21)14(2)19(15-6-10-17(22-3)11-7-15)16-8-12-18(23-4)13-9-16/h6-13H,5H2,1-4H3. The molecule has 0 fully saturated rings. The third-order valence-electron chi connectivity index (χ3n) is 3.71. The van der Waals surface area contributed by atoms with Crippen LogP contribution in [0.4, 0.5) is 0 Å². The molecule has 0 aliphatic carbocycles. The number of rotatable bonds is 6. The molecule has 0 unspecified atom stereocenters. The van der Waals surface area contributed by atoms with Gasteiger partial charge in [-0.1, -0.05) is 24.3 Å². The fraction of sp³-hybridized carbons (Fsp3) is 0.250. The van der Waals surface area contributed by atoms with Crippen molar-refractivity contribution in [1.82, 2.24) is 0 Å². The summed E-state index contributed by atoms with van der Waals surface area (Å²) in [6, 6.07) is 15.2. The number of carbonyl (C=O) groups excluding carboxylic acids is 1. The largest absolute Gasteiger partial charge is 0.497 e. The van der Waals surface area contributed by atoms with Crippen molar-refractivity contribution in [3.63, 3.8) is 0 Å². The predicted octanol–water partition coefficient (Wildman–Crippen LogP) is 4.09. The molecule has 0 heterocycles. The van der Waals surface area contributed by atoms with Gasteiger partial charge in [0.05, 0.1) is 20.8 Å². The van der Waals surface area contributed by atoms with E-state index in [0.29, 0.717) is 12.2 Å². The first-order chi connectivity index (χ1) is 11.6. The Morgan fingerprint density at radius 2 is 1.25 bits per heavy atom. The minimum Gasteiger partial charge on any atom is -0.497 e. The van der Waals surface area contributed by atoms with Gasteiger partial charge in [-0.2, -0.15) is 0 Å². The van der Waals surface area contributed by atoms with E-state index in [-0.39, 0.29) is 5.97 Å². The fourth-order valence-corrected chi connectivity index (χ4v) is 2.46. The van der Waals surface area contributed by atoms with Gasteiger partial charge in [0.1, 0.15) is 11.5 Å². The zero-order valence-corrected chi connectivity index (χ0v) is 14.5. The summed E-state index contributed by atoms with van der Waals surface area (Å²) in [6.07, 6.45) is 0. The Labute approximate surface area is 142 Å². The van der Waals surface area contributed by atoms with Crippen LogP contribution in [0.3, 0.4) is 0 Å². The normalized spacial score (nSPS) is 10.0. The topological polar surface area (TPSA) is 44.8 Å². The van der Waals surface area contributed by atoms with Crippen molar-refractivity contribution in [2.24, 2.45) is 0 Å². The number of ether oxygens (including phenoxy) is 3. The first-order valence-corrected chi connectivity index (χ1v) is 7.77. The second-order valence-electron chi connectivity index (χ2n) is 5.18. The molecule has 0 saturated heterocycles. The lowest BCUT2D eigenvalue weighted by Gasteiger charge is -2.14. The van der Waals surface area contributed by atoms with Crippen LogP contribution in [0, 0.1) is 0 Å². The van der Waals surface area contributed by atoms with Crippen LogP contribution in [0.1, 0.15) is 25.0 Å². The second kappa shape index (κ2) is 8.20. The van der Waals surface area contributed by atoms with E-state index in [2.05, 4.69) is 0 Å². The minimum atomic E-state index is -0.320. The molecule has 0 atom stereocenters. The van der Waals surface area contributed by atoms with E-state index in [1.54, 1.807) is 28.1 Å². The smallest absolute Gasteiger partial charge is 0.334 e. The number of carbonyl (C=O) groups is 1. The predicted molar refractivity (Wildman–Crippen MR) is 94.3 cm³/mol. The minimum absolute atomic E-state index is 0.320. The van der Waals surface area contributed by atoms with E-state index >= 15 is 0 Å². The summed E-state index contributed by atoms with van der Waals surface area (Å²) < 4.78 is 15.6. The quantitative estimate of drug-likeness (QED) is 0.592. The molecular weight excluding hydrogens is 304 g/mol. The third kappa shape index (κ3) is 3.96. The summed E-state index contributed by atoms with van der Waals surface area (Å²) in [5.41, 5.74) is 3.24. The molecule has 4 nitrogen and oxygen atoms in total. The molecule has 0 saturated carbocycles. The number of esters is 1. The molecule has 0 spiro atoms. The first-order valence-electron chi connectivity index (χ1n) is 7.77. The van der Waals surface area contributed by atoms with Crippen molar-refractivity contribution in [2.75, 3.05) is 20.8 Å². The Kier molecular flexibility index (Phi) is 6.01. The molecule has 0 aromatic heterocycles. The summed E-state index contributed by atoms with van der Waals surface area (Å²) in [5.74, 6) is 1.21. The molecule has 0 aliphatic heterocycles. The SMILES string of the molecule is CCOC(=O)C(C)=C(c1ccc(OC)cc1)c1ccc(OC)cc1. The average Bonchev–Trinajstić information content (AvgIpc) is 2.63. The number of methoxy groups -OCH3 is 2. The molecule has 24 heavy (non-hydrogen) atoms. The molecule has 2 aromatic rings. The Balaban J connectivity index is 2.54. The van der Waals surface area contributed by atoms with Crippen molar-refractivity contribution in [3.05, 3.63) is 65.2 Å². The van der Waals surface area contributed by atoms with Gasteiger partial charge in [-0.3, -0.25) is 0 Å². The van der Waals surface area contributed by atoms with Gasteiger partial charge < -0.3 is 14.2 Å². The van der Waals surface area contributed by atoms with E-state index in [1.807, 2.05) is 48.5 Å². The average molecular weight is 326 g/mol. The molecule has 0 amide bonds. The summed E-state index contributed by atoms with van der Waals surface area (Å²) in [6.45, 7) is 3.92. The fourth-order valence-electron chi connectivity index (χ4n) is 2.46. The van der Waals surface area contributed by atoms with Gasteiger partial charge in [0.25, 0.3) is 0 Å². The van der Waals surface area contributed by atoms with Crippen LogP contribution in [-0.2, 0) is 9.53 Å². The van der Waals surface area contributed by atoms with Crippen molar-refractivity contribution in [2.45, 2.75) is 13.8 Å². The lowest BCUT2D eigenvalue weighted by atomic mass is 9.93. The van der Waals surface area contributed by atoms with Gasteiger partial charge in [-0.05, 0) is 54.8 Å². The van der Waals surface area contributed by atoms with Crippen LogP contribution in [0.5, 0.6) is 11.5 Å². The number of hydrogen-bond donors (Lipinski definition) is 0. The van der Waals surface area contributed by atoms with Crippen LogP contribution < -0.4 is 9.47 Å². The van der Waals surface area contributed by atoms with Crippen LogP contribution in [0.15, 0.2) is 54.1 Å². The van der Waals surface area contributed by atoms with E-state index in [1.165, 1.54) is 0 Å². The molecule has 0 aliphatic rings. The van der Waals surface area contributed by atoms with Crippen LogP contribution in [0.25, 0.3) is 5.57 Å². The van der Waals surface area contributed by atoms with Gasteiger partial charge >= 0.3 is 5.97 Å². The van der Waals surface area contributed by atoms with Crippen molar-refractivity contribution < 1.29 is 19.0 Å². The highest BCUT2D eigenvalue weighted by molar-refractivity contribution is 6.01. The Bertz CT molecular complexity index is 663. The highest BCUT2D eigenvalue weighted by Crippen LogP contribution is 2.30. The number of hydrogen-bond acceptors (Lipinski definition) is 4.